The van der Waals surface area contributed by atoms with E-state index in [-0.39, 0.29) is 6.03 Å². The molecule has 1 heterocycles. The van der Waals surface area contributed by atoms with Gasteiger partial charge in [0.15, 0.2) is 0 Å². The van der Waals surface area contributed by atoms with Crippen LogP contribution in [0.3, 0.4) is 0 Å². The lowest BCUT2D eigenvalue weighted by Crippen LogP contribution is -2.32. The monoisotopic (exact) mass is 314 g/mol. The maximum atomic E-state index is 11.8. The first-order valence-electron chi connectivity index (χ1n) is 7.01. The molecule has 0 aliphatic carbocycles. The molecule has 0 saturated heterocycles. The zero-order valence-electron chi connectivity index (χ0n) is 12.7. The Labute approximate surface area is 133 Å². The van der Waals surface area contributed by atoms with Gasteiger partial charge in [-0.15, -0.1) is 0 Å². The van der Waals surface area contributed by atoms with Gasteiger partial charge in [-0.25, -0.2) is 9.78 Å². The van der Waals surface area contributed by atoms with Gasteiger partial charge in [-0.2, -0.15) is 0 Å². The van der Waals surface area contributed by atoms with E-state index in [0.29, 0.717) is 30.2 Å². The van der Waals surface area contributed by atoms with Gasteiger partial charge in [-0.3, -0.25) is 9.78 Å². The third kappa shape index (κ3) is 5.27. The van der Waals surface area contributed by atoms with Crippen molar-refractivity contribution >= 4 is 23.4 Å². The van der Waals surface area contributed by atoms with Crippen LogP contribution in [0, 0.1) is 6.92 Å². The second kappa shape index (κ2) is 7.74. The highest BCUT2D eigenvalue weighted by atomic mass is 16.2. The number of nitrogens with one attached hydrogen (secondary N) is 3. The van der Waals surface area contributed by atoms with Crippen molar-refractivity contribution in [1.29, 1.82) is 0 Å². The summed E-state index contributed by atoms with van der Waals surface area (Å²) in [6.45, 7) is 2.73. The van der Waals surface area contributed by atoms with Crippen LogP contribution in [-0.2, 0) is 0 Å². The molecule has 3 amide bonds. The fraction of sp³-hybridized carbons (Fsp3) is 0.200. The predicted octanol–water partition coefficient (Wildman–Crippen LogP) is 1.12. The fourth-order valence-electron chi connectivity index (χ4n) is 1.93. The summed E-state index contributed by atoms with van der Waals surface area (Å²) in [5, 5.41) is 8.38. The van der Waals surface area contributed by atoms with Crippen molar-refractivity contribution in [2.45, 2.75) is 6.92 Å². The second-order valence-corrected chi connectivity index (χ2v) is 4.85. The molecule has 2 rings (SSSR count). The Balaban J connectivity index is 1.79. The van der Waals surface area contributed by atoms with Crippen LogP contribution >= 0.6 is 0 Å². The summed E-state index contributed by atoms with van der Waals surface area (Å²) in [5.41, 5.74) is 6.95. The largest absolute Gasteiger partial charge is 0.367 e. The quantitative estimate of drug-likeness (QED) is 0.595. The highest BCUT2D eigenvalue weighted by molar-refractivity contribution is 5.96. The molecule has 8 heteroatoms. The van der Waals surface area contributed by atoms with Gasteiger partial charge in [0.2, 0.25) is 5.91 Å². The SMILES string of the molecule is Cc1cc(NC(=O)NCCNc2cnccn2)cc(C(N)=O)c1. The Bertz CT molecular complexity index is 690. The lowest BCUT2D eigenvalue weighted by atomic mass is 10.1. The van der Waals surface area contributed by atoms with E-state index >= 15 is 0 Å². The Morgan fingerprint density at radius 1 is 1.17 bits per heavy atom. The summed E-state index contributed by atoms with van der Waals surface area (Å²) < 4.78 is 0. The number of aromatic nitrogens is 2. The summed E-state index contributed by atoms with van der Waals surface area (Å²) in [6, 6.07) is 4.58. The zero-order valence-corrected chi connectivity index (χ0v) is 12.7. The maximum Gasteiger partial charge on any atom is 0.319 e. The second-order valence-electron chi connectivity index (χ2n) is 4.85. The minimum Gasteiger partial charge on any atom is -0.367 e. The molecule has 2 aromatic rings. The first-order valence-corrected chi connectivity index (χ1v) is 7.01. The minimum atomic E-state index is -0.537. The third-order valence-corrected chi connectivity index (χ3v) is 2.90. The number of nitrogens with two attached hydrogens (primary N) is 1. The lowest BCUT2D eigenvalue weighted by molar-refractivity contribution is 0.1000. The summed E-state index contributed by atoms with van der Waals surface area (Å²) >= 11 is 0. The molecule has 0 radical (unpaired) electrons. The first-order chi connectivity index (χ1) is 11.0. The molecule has 0 atom stereocenters. The highest BCUT2D eigenvalue weighted by Gasteiger charge is 2.06. The number of anilines is 2. The van der Waals surface area contributed by atoms with Crippen molar-refractivity contribution in [3.63, 3.8) is 0 Å². The number of hydrogen-bond acceptors (Lipinski definition) is 5. The van der Waals surface area contributed by atoms with E-state index in [9.17, 15) is 9.59 Å². The van der Waals surface area contributed by atoms with Crippen LogP contribution in [0.25, 0.3) is 0 Å². The topological polar surface area (TPSA) is 122 Å². The van der Waals surface area contributed by atoms with Gasteiger partial charge in [0.05, 0.1) is 6.20 Å². The molecule has 0 fully saturated rings. The van der Waals surface area contributed by atoms with E-state index in [4.69, 9.17) is 5.73 Å². The van der Waals surface area contributed by atoms with E-state index in [1.807, 2.05) is 6.92 Å². The molecule has 1 aromatic heterocycles. The molecule has 8 nitrogen and oxygen atoms in total. The molecular formula is C15H18N6O2. The number of carbonyl (C=O) groups is 2. The molecule has 0 saturated carbocycles. The number of amides is 3. The molecule has 5 N–H and O–H groups in total. The van der Waals surface area contributed by atoms with Gasteiger partial charge in [0.25, 0.3) is 0 Å². The number of nitrogens with zero attached hydrogens (tertiary/aromatic N) is 2. The van der Waals surface area contributed by atoms with Gasteiger partial charge in [0, 0.05) is 36.7 Å². The Kier molecular flexibility index (Phi) is 5.45. The minimum absolute atomic E-state index is 0.351. The summed E-state index contributed by atoms with van der Waals surface area (Å²) in [5.74, 6) is 0.102. The average Bonchev–Trinajstić information content (AvgIpc) is 2.52. The molecular weight excluding hydrogens is 296 g/mol. The Morgan fingerprint density at radius 3 is 2.70 bits per heavy atom. The molecule has 0 aliphatic heterocycles. The van der Waals surface area contributed by atoms with E-state index in [0.717, 1.165) is 5.56 Å². The third-order valence-electron chi connectivity index (χ3n) is 2.90. The standard InChI is InChI=1S/C15H18N6O2/c1-10-6-11(14(16)22)8-12(7-10)21-15(23)20-5-4-19-13-9-17-2-3-18-13/h2-3,6-9H,4-5H2,1H3,(H2,16,22)(H,18,19)(H2,20,21,23). The van der Waals surface area contributed by atoms with Gasteiger partial charge in [-0.05, 0) is 30.7 Å². The molecule has 0 spiro atoms. The van der Waals surface area contributed by atoms with Crippen molar-refractivity contribution in [3.05, 3.63) is 47.9 Å². The van der Waals surface area contributed by atoms with Crippen LogP contribution < -0.4 is 21.7 Å². The molecule has 23 heavy (non-hydrogen) atoms. The number of rotatable bonds is 6. The maximum absolute atomic E-state index is 11.8. The van der Waals surface area contributed by atoms with Gasteiger partial charge >= 0.3 is 6.03 Å². The number of hydrogen-bond donors (Lipinski definition) is 4. The molecule has 0 bridgehead atoms. The molecule has 0 aliphatic rings. The highest BCUT2D eigenvalue weighted by Crippen LogP contribution is 2.14. The van der Waals surface area contributed by atoms with E-state index < -0.39 is 5.91 Å². The van der Waals surface area contributed by atoms with E-state index in [2.05, 4.69) is 25.9 Å². The van der Waals surface area contributed by atoms with Crippen molar-refractivity contribution < 1.29 is 9.59 Å². The Morgan fingerprint density at radius 2 is 2.00 bits per heavy atom. The average molecular weight is 314 g/mol. The van der Waals surface area contributed by atoms with Crippen LogP contribution in [0.5, 0.6) is 0 Å². The predicted molar refractivity (Wildman–Crippen MR) is 87.2 cm³/mol. The van der Waals surface area contributed by atoms with E-state index in [1.165, 1.54) is 6.07 Å². The van der Waals surface area contributed by atoms with Crippen LogP contribution in [0.15, 0.2) is 36.8 Å². The molecule has 1 aromatic carbocycles. The van der Waals surface area contributed by atoms with Crippen LogP contribution in [0.2, 0.25) is 0 Å². The van der Waals surface area contributed by atoms with Crippen molar-refractivity contribution in [1.82, 2.24) is 15.3 Å². The zero-order chi connectivity index (χ0) is 16.7. The van der Waals surface area contributed by atoms with Crippen molar-refractivity contribution in [3.8, 4) is 0 Å². The summed E-state index contributed by atoms with van der Waals surface area (Å²) in [4.78, 5) is 31.0. The number of benzene rings is 1. The van der Waals surface area contributed by atoms with Crippen LogP contribution in [0.1, 0.15) is 15.9 Å². The number of urea groups is 1. The van der Waals surface area contributed by atoms with E-state index in [1.54, 1.807) is 30.7 Å². The van der Waals surface area contributed by atoms with Gasteiger partial charge in [0.1, 0.15) is 5.82 Å². The molecule has 0 unspecified atom stereocenters. The Hall–Kier alpha value is -3.16. The van der Waals surface area contributed by atoms with Crippen molar-refractivity contribution in [2.24, 2.45) is 5.73 Å². The summed E-state index contributed by atoms with van der Waals surface area (Å²) in [6.07, 6.45) is 4.76. The lowest BCUT2D eigenvalue weighted by Gasteiger charge is -2.10. The molecule has 120 valence electrons. The number of primary amides is 1. The number of carbonyl (C=O) groups excluding carboxylic acids is 2. The van der Waals surface area contributed by atoms with Crippen molar-refractivity contribution in [2.75, 3.05) is 23.7 Å². The smallest absolute Gasteiger partial charge is 0.319 e. The van der Waals surface area contributed by atoms with Gasteiger partial charge < -0.3 is 21.7 Å². The fourth-order valence-corrected chi connectivity index (χ4v) is 1.93. The number of aryl methyl sites for hydroxylation is 1. The van der Waals surface area contributed by atoms with Gasteiger partial charge in [-0.1, -0.05) is 0 Å². The van der Waals surface area contributed by atoms with Crippen LogP contribution in [-0.4, -0.2) is 35.0 Å². The first kappa shape index (κ1) is 16.2. The summed E-state index contributed by atoms with van der Waals surface area (Å²) in [7, 11) is 0. The van der Waals surface area contributed by atoms with Crippen LogP contribution in [0.4, 0.5) is 16.3 Å². The normalized spacial score (nSPS) is 9.96.